The van der Waals surface area contributed by atoms with Gasteiger partial charge in [0, 0.05) is 12.6 Å². The summed E-state index contributed by atoms with van der Waals surface area (Å²) in [5.74, 6) is 0.494. The maximum absolute atomic E-state index is 12.2. The Morgan fingerprint density at radius 3 is 2.52 bits per heavy atom. The average Bonchev–Trinajstić information content (AvgIpc) is 2.76. The van der Waals surface area contributed by atoms with Gasteiger partial charge in [0.25, 0.3) is 0 Å². The van der Waals surface area contributed by atoms with Crippen molar-refractivity contribution in [3.05, 3.63) is 35.9 Å². The van der Waals surface area contributed by atoms with E-state index in [4.69, 9.17) is 9.47 Å². The second-order valence-corrected chi connectivity index (χ2v) is 8.87. The van der Waals surface area contributed by atoms with Crippen molar-refractivity contribution in [1.29, 1.82) is 0 Å². The molecule has 2 unspecified atom stereocenters. The molecule has 1 aliphatic heterocycles. The fraction of sp³-hybridized carbons (Fsp3) is 0.667. The number of nitrogens with zero attached hydrogens (tertiary/aromatic N) is 1. The zero-order valence-corrected chi connectivity index (χ0v) is 17.9. The van der Waals surface area contributed by atoms with Crippen LogP contribution in [0.3, 0.4) is 0 Å². The van der Waals surface area contributed by atoms with Gasteiger partial charge in [0.05, 0.1) is 31.7 Å². The number of carbonyl (C=O) groups is 1. The summed E-state index contributed by atoms with van der Waals surface area (Å²) in [7, 11) is -1.14. The predicted molar refractivity (Wildman–Crippen MR) is 112 cm³/mol. The largest absolute Gasteiger partial charge is 0.453 e. The third kappa shape index (κ3) is 6.17. The summed E-state index contributed by atoms with van der Waals surface area (Å²) in [4.78, 5) is 13.9. The van der Waals surface area contributed by atoms with Crippen LogP contribution in [-0.2, 0) is 20.2 Å². The van der Waals surface area contributed by atoms with Crippen molar-refractivity contribution in [2.45, 2.75) is 62.6 Å². The van der Waals surface area contributed by atoms with Gasteiger partial charge in [-0.05, 0) is 50.0 Å². The van der Waals surface area contributed by atoms with Crippen LogP contribution in [0.25, 0.3) is 0 Å². The number of methoxy groups -OCH3 is 1. The SMILES string of the molecule is COC(=O)N1CCCC(NC[SH](=O)=O)C1COC1CCC(c2ccccc2)CC1. The first-order valence-corrected chi connectivity index (χ1v) is 11.8. The summed E-state index contributed by atoms with van der Waals surface area (Å²) in [6.45, 7) is 0.992. The Bertz CT molecular complexity index is 711. The highest BCUT2D eigenvalue weighted by Gasteiger charge is 2.36. The quantitative estimate of drug-likeness (QED) is 0.654. The number of piperidine rings is 1. The maximum Gasteiger partial charge on any atom is 0.409 e. The second-order valence-electron chi connectivity index (χ2n) is 7.89. The van der Waals surface area contributed by atoms with E-state index in [-0.39, 0.29) is 30.2 Å². The van der Waals surface area contributed by atoms with E-state index in [9.17, 15) is 13.2 Å². The molecule has 2 fully saturated rings. The van der Waals surface area contributed by atoms with Crippen LogP contribution in [0.1, 0.15) is 50.0 Å². The van der Waals surface area contributed by atoms with Gasteiger partial charge in [-0.15, -0.1) is 0 Å². The number of carbonyl (C=O) groups excluding carboxylic acids is 1. The molecule has 8 heteroatoms. The van der Waals surface area contributed by atoms with Crippen LogP contribution in [0.4, 0.5) is 4.79 Å². The third-order valence-electron chi connectivity index (χ3n) is 6.12. The highest BCUT2D eigenvalue weighted by molar-refractivity contribution is 7.72. The van der Waals surface area contributed by atoms with E-state index in [1.807, 2.05) is 6.07 Å². The summed E-state index contributed by atoms with van der Waals surface area (Å²) < 4.78 is 33.2. The molecule has 0 radical (unpaired) electrons. The normalized spacial score (nSPS) is 27.7. The van der Waals surface area contributed by atoms with Gasteiger partial charge in [-0.2, -0.15) is 0 Å². The lowest BCUT2D eigenvalue weighted by atomic mass is 9.83. The lowest BCUT2D eigenvalue weighted by Gasteiger charge is -2.41. The molecule has 162 valence electrons. The van der Waals surface area contributed by atoms with E-state index < -0.39 is 10.7 Å². The van der Waals surface area contributed by atoms with Crippen molar-refractivity contribution in [3.63, 3.8) is 0 Å². The van der Waals surface area contributed by atoms with Gasteiger partial charge in [0.2, 0.25) is 0 Å². The molecular weight excluding hydrogens is 392 g/mol. The van der Waals surface area contributed by atoms with Gasteiger partial charge < -0.3 is 14.4 Å². The van der Waals surface area contributed by atoms with Crippen LogP contribution in [0.5, 0.6) is 0 Å². The van der Waals surface area contributed by atoms with Gasteiger partial charge in [-0.25, -0.2) is 13.2 Å². The van der Waals surface area contributed by atoms with Crippen LogP contribution >= 0.6 is 0 Å². The van der Waals surface area contributed by atoms with E-state index in [0.717, 1.165) is 38.5 Å². The van der Waals surface area contributed by atoms with Crippen molar-refractivity contribution in [2.75, 3.05) is 26.1 Å². The highest BCUT2D eigenvalue weighted by Crippen LogP contribution is 2.34. The molecular formula is C21H32N2O5S. The molecule has 0 bridgehead atoms. The monoisotopic (exact) mass is 424 g/mol. The number of likely N-dealkylation sites (tertiary alicyclic amines) is 1. The van der Waals surface area contributed by atoms with Crippen LogP contribution in [0.2, 0.25) is 0 Å². The zero-order valence-electron chi connectivity index (χ0n) is 17.0. The van der Waals surface area contributed by atoms with Gasteiger partial charge >= 0.3 is 6.09 Å². The molecule has 0 aromatic heterocycles. The Morgan fingerprint density at radius 1 is 1.14 bits per heavy atom. The number of benzene rings is 1. The minimum absolute atomic E-state index is 0.0896. The Kier molecular flexibility index (Phi) is 8.32. The van der Waals surface area contributed by atoms with Crippen molar-refractivity contribution in [1.82, 2.24) is 10.2 Å². The number of hydrogen-bond donors (Lipinski definition) is 2. The molecule has 1 saturated carbocycles. The van der Waals surface area contributed by atoms with Crippen LogP contribution < -0.4 is 5.32 Å². The summed E-state index contributed by atoms with van der Waals surface area (Å²) in [5, 5.41) is 3.07. The molecule has 1 aromatic carbocycles. The molecule has 3 rings (SSSR count). The minimum atomic E-state index is -2.51. The first-order valence-electron chi connectivity index (χ1n) is 10.4. The Morgan fingerprint density at radius 2 is 1.86 bits per heavy atom. The summed E-state index contributed by atoms with van der Waals surface area (Å²) in [6, 6.07) is 10.3. The van der Waals surface area contributed by atoms with E-state index >= 15 is 0 Å². The molecule has 1 aliphatic carbocycles. The standard InChI is InChI=1S/C21H32N2O5S/c1-27-21(24)23-13-5-8-19(22-15-29(25)26)20(23)14-28-18-11-9-17(10-12-18)16-6-3-2-4-7-16/h2-4,6-7,17-20,22,29H,5,8-15H2,1H3. The number of hydrogen-bond acceptors (Lipinski definition) is 6. The van der Waals surface area contributed by atoms with Gasteiger partial charge in [0.1, 0.15) is 0 Å². The molecule has 0 spiro atoms. The topological polar surface area (TPSA) is 84.9 Å². The second kappa shape index (κ2) is 10.9. The Hall–Kier alpha value is -1.64. The smallest absolute Gasteiger partial charge is 0.409 e. The number of ether oxygens (including phenoxy) is 2. The van der Waals surface area contributed by atoms with Crippen molar-refractivity contribution >= 4 is 16.8 Å². The molecule has 7 nitrogen and oxygen atoms in total. The lowest BCUT2D eigenvalue weighted by molar-refractivity contribution is -0.0262. The predicted octanol–water partition coefficient (Wildman–Crippen LogP) is 2.49. The fourth-order valence-electron chi connectivity index (χ4n) is 4.56. The Balaban J connectivity index is 1.55. The minimum Gasteiger partial charge on any atom is -0.453 e. The summed E-state index contributed by atoms with van der Waals surface area (Å²) in [6.07, 6.45) is 5.59. The maximum atomic E-state index is 12.2. The van der Waals surface area contributed by atoms with E-state index in [1.165, 1.54) is 12.7 Å². The highest BCUT2D eigenvalue weighted by atomic mass is 32.2. The number of amides is 1. The van der Waals surface area contributed by atoms with Gasteiger partial charge in [-0.1, -0.05) is 30.3 Å². The molecule has 1 N–H and O–H groups in total. The molecule has 2 atom stereocenters. The molecule has 1 amide bonds. The number of thiol groups is 1. The molecule has 1 aromatic rings. The summed E-state index contributed by atoms with van der Waals surface area (Å²) in [5.41, 5.74) is 1.39. The lowest BCUT2D eigenvalue weighted by Crippen LogP contribution is -2.58. The third-order valence-corrected chi connectivity index (χ3v) is 6.56. The Labute approximate surface area is 174 Å². The van der Waals surface area contributed by atoms with Crippen LogP contribution in [0.15, 0.2) is 30.3 Å². The number of rotatable bonds is 7. The first-order chi connectivity index (χ1) is 14.1. The van der Waals surface area contributed by atoms with Crippen molar-refractivity contribution in [2.24, 2.45) is 0 Å². The van der Waals surface area contributed by atoms with Gasteiger partial charge in [-0.3, -0.25) is 5.32 Å². The summed E-state index contributed by atoms with van der Waals surface area (Å²) >= 11 is 0. The van der Waals surface area contributed by atoms with E-state index in [1.54, 1.807) is 4.90 Å². The molecule has 1 heterocycles. The van der Waals surface area contributed by atoms with Crippen LogP contribution in [-0.4, -0.2) is 63.7 Å². The number of nitrogens with one attached hydrogen (secondary N) is 1. The van der Waals surface area contributed by atoms with Crippen LogP contribution in [0, 0.1) is 0 Å². The van der Waals surface area contributed by atoms with Crippen molar-refractivity contribution in [3.8, 4) is 0 Å². The average molecular weight is 425 g/mol. The van der Waals surface area contributed by atoms with Crippen molar-refractivity contribution < 1.29 is 22.7 Å². The van der Waals surface area contributed by atoms with Gasteiger partial charge in [0.15, 0.2) is 10.7 Å². The fourth-order valence-corrected chi connectivity index (χ4v) is 4.94. The molecule has 2 aliphatic rings. The molecule has 1 saturated heterocycles. The van der Waals surface area contributed by atoms with E-state index in [0.29, 0.717) is 19.1 Å². The zero-order chi connectivity index (χ0) is 20.6. The first kappa shape index (κ1) is 22.1. The van der Waals surface area contributed by atoms with E-state index in [2.05, 4.69) is 29.6 Å². The molecule has 29 heavy (non-hydrogen) atoms.